The predicted molar refractivity (Wildman–Crippen MR) is 134 cm³/mol. The predicted octanol–water partition coefficient (Wildman–Crippen LogP) is 5.58. The van der Waals surface area contributed by atoms with Gasteiger partial charge in [0, 0.05) is 17.5 Å². The average molecular weight is 473 g/mol. The average Bonchev–Trinajstić information content (AvgIpc) is 3.59. The zero-order chi connectivity index (χ0) is 24.6. The van der Waals surface area contributed by atoms with Crippen molar-refractivity contribution in [2.24, 2.45) is 5.92 Å². The van der Waals surface area contributed by atoms with Crippen molar-refractivity contribution in [1.29, 1.82) is 0 Å². The maximum atomic E-state index is 13.0. The number of hydrogen-bond acceptors (Lipinski definition) is 5. The first kappa shape index (κ1) is 23.3. The molecule has 2 N–H and O–H groups in total. The Morgan fingerprint density at radius 1 is 1.03 bits per heavy atom. The minimum atomic E-state index is -0.253. The molecule has 3 aromatic rings. The van der Waals surface area contributed by atoms with Crippen LogP contribution in [0.2, 0.25) is 0 Å². The molecule has 0 unspecified atom stereocenters. The summed E-state index contributed by atoms with van der Waals surface area (Å²) in [6.07, 6.45) is 9.05. The van der Waals surface area contributed by atoms with E-state index in [1.165, 1.54) is 11.8 Å². The first-order chi connectivity index (χ1) is 16.8. The lowest BCUT2D eigenvalue weighted by Crippen LogP contribution is -2.29. The van der Waals surface area contributed by atoms with Crippen molar-refractivity contribution < 1.29 is 14.0 Å². The number of benzene rings is 1. The van der Waals surface area contributed by atoms with Crippen LogP contribution in [0.25, 0.3) is 11.1 Å². The van der Waals surface area contributed by atoms with E-state index in [4.69, 9.17) is 4.42 Å². The highest BCUT2D eigenvalue weighted by Crippen LogP contribution is 2.34. The Bertz CT molecular complexity index is 1250. The van der Waals surface area contributed by atoms with E-state index in [-0.39, 0.29) is 29.2 Å². The van der Waals surface area contributed by atoms with Crippen molar-refractivity contribution in [2.45, 2.75) is 70.8 Å². The number of fused-ring (bicyclic) bond motifs is 1. The van der Waals surface area contributed by atoms with Gasteiger partial charge in [-0.3, -0.25) is 9.59 Å². The van der Waals surface area contributed by atoms with E-state index in [0.717, 1.165) is 55.2 Å². The lowest BCUT2D eigenvalue weighted by molar-refractivity contribution is -0.117. The van der Waals surface area contributed by atoms with Gasteiger partial charge in [-0.1, -0.05) is 45.4 Å². The van der Waals surface area contributed by atoms with Crippen LogP contribution < -0.4 is 10.6 Å². The molecule has 1 saturated carbocycles. The third-order valence-electron chi connectivity index (χ3n) is 6.68. The summed E-state index contributed by atoms with van der Waals surface area (Å²) in [5.74, 6) is 1.12. The number of nitrogens with one attached hydrogen (secondary N) is 2. The number of aromatic nitrogens is 2. The van der Waals surface area contributed by atoms with Crippen molar-refractivity contribution in [3.8, 4) is 11.1 Å². The lowest BCUT2D eigenvalue weighted by atomic mass is 9.94. The number of carbonyl (C=O) groups is 2. The summed E-state index contributed by atoms with van der Waals surface area (Å²) in [4.78, 5) is 33.8. The second-order valence-electron chi connectivity index (χ2n) is 10.7. The Hall–Kier alpha value is -3.48. The van der Waals surface area contributed by atoms with Gasteiger partial charge in [-0.2, -0.15) is 0 Å². The third kappa shape index (κ3) is 5.29. The number of hydrogen-bond donors (Lipinski definition) is 2. The quantitative estimate of drug-likeness (QED) is 0.473. The molecule has 1 fully saturated rings. The fraction of sp³-hybridized carbons (Fsp3) is 0.429. The molecule has 182 valence electrons. The summed E-state index contributed by atoms with van der Waals surface area (Å²) in [5.41, 5.74) is 4.53. The van der Waals surface area contributed by atoms with Gasteiger partial charge in [-0.15, -0.1) is 0 Å². The Morgan fingerprint density at radius 2 is 1.83 bits per heavy atom. The normalized spacial score (nSPS) is 17.9. The van der Waals surface area contributed by atoms with Crippen molar-refractivity contribution in [2.75, 3.05) is 5.32 Å². The SMILES string of the molecule is CC(C)(C)c1nc(C(=O)N[C@H]2CCCCc3cc(-c4ccnc(NC(=O)C5CC5)c4)ccc32)co1. The van der Waals surface area contributed by atoms with E-state index in [0.29, 0.717) is 17.4 Å². The molecule has 0 radical (unpaired) electrons. The zero-order valence-electron chi connectivity index (χ0n) is 20.6. The van der Waals surface area contributed by atoms with Gasteiger partial charge < -0.3 is 15.1 Å². The Morgan fingerprint density at radius 3 is 2.57 bits per heavy atom. The zero-order valence-corrected chi connectivity index (χ0v) is 20.6. The number of anilines is 1. The summed E-state index contributed by atoms with van der Waals surface area (Å²) in [7, 11) is 0. The number of aryl methyl sites for hydroxylation is 1. The highest BCUT2D eigenvalue weighted by molar-refractivity contribution is 5.94. The van der Waals surface area contributed by atoms with E-state index in [1.54, 1.807) is 6.20 Å². The van der Waals surface area contributed by atoms with E-state index in [2.05, 4.69) is 38.8 Å². The molecule has 1 aromatic carbocycles. The van der Waals surface area contributed by atoms with E-state index < -0.39 is 0 Å². The van der Waals surface area contributed by atoms with Crippen LogP contribution in [0.3, 0.4) is 0 Å². The van der Waals surface area contributed by atoms with E-state index >= 15 is 0 Å². The molecule has 0 aliphatic heterocycles. The van der Waals surface area contributed by atoms with Crippen LogP contribution in [-0.2, 0) is 16.6 Å². The molecule has 1 atom stereocenters. The topological polar surface area (TPSA) is 97.1 Å². The first-order valence-electron chi connectivity index (χ1n) is 12.4. The van der Waals surface area contributed by atoms with Crippen molar-refractivity contribution >= 4 is 17.6 Å². The number of amides is 2. The van der Waals surface area contributed by atoms with Gasteiger partial charge in [0.1, 0.15) is 12.1 Å². The Kier molecular flexibility index (Phi) is 6.17. The molecule has 2 aliphatic carbocycles. The van der Waals surface area contributed by atoms with Gasteiger partial charge in [-0.05, 0) is 66.5 Å². The maximum absolute atomic E-state index is 13.0. The van der Waals surface area contributed by atoms with Gasteiger partial charge in [-0.25, -0.2) is 9.97 Å². The summed E-state index contributed by atoms with van der Waals surface area (Å²) in [5, 5.41) is 6.11. The third-order valence-corrected chi connectivity index (χ3v) is 6.68. The highest BCUT2D eigenvalue weighted by atomic mass is 16.3. The standard InChI is InChI=1S/C28H32N4O3/c1-28(2,3)27-31-23(16-35-27)26(34)30-22-7-5-4-6-20-14-18(10-11-21(20)22)19-12-13-29-24(15-19)32-25(33)17-8-9-17/h10-17,22H,4-9H2,1-3H3,(H,30,34)(H,29,32,33)/t22-/m0/s1. The second kappa shape index (κ2) is 9.29. The molecule has 5 rings (SSSR count). The van der Waals surface area contributed by atoms with Gasteiger partial charge in [0.05, 0.1) is 6.04 Å². The van der Waals surface area contributed by atoms with Gasteiger partial charge in [0.2, 0.25) is 5.91 Å². The van der Waals surface area contributed by atoms with E-state index in [1.807, 2.05) is 32.9 Å². The molecular weight excluding hydrogens is 440 g/mol. The molecule has 2 aliphatic rings. The maximum Gasteiger partial charge on any atom is 0.273 e. The molecule has 2 heterocycles. The highest BCUT2D eigenvalue weighted by Gasteiger charge is 2.30. The molecule has 0 saturated heterocycles. The van der Waals surface area contributed by atoms with Crippen molar-refractivity contribution in [3.05, 3.63) is 65.5 Å². The molecular formula is C28H32N4O3. The van der Waals surface area contributed by atoms with Crippen LogP contribution in [0.1, 0.15) is 86.4 Å². The van der Waals surface area contributed by atoms with Crippen LogP contribution >= 0.6 is 0 Å². The van der Waals surface area contributed by atoms with E-state index in [9.17, 15) is 9.59 Å². The molecule has 2 aromatic heterocycles. The minimum absolute atomic E-state index is 0.0527. The van der Waals surface area contributed by atoms with Gasteiger partial charge >= 0.3 is 0 Å². The number of carbonyl (C=O) groups excluding carboxylic acids is 2. The summed E-state index contributed by atoms with van der Waals surface area (Å²) < 4.78 is 5.55. The second-order valence-corrected chi connectivity index (χ2v) is 10.7. The van der Waals surface area contributed by atoms with Crippen LogP contribution in [0, 0.1) is 5.92 Å². The molecule has 2 amide bonds. The first-order valence-corrected chi connectivity index (χ1v) is 12.4. The van der Waals surface area contributed by atoms with Crippen LogP contribution in [-0.4, -0.2) is 21.8 Å². The number of nitrogens with zero attached hydrogens (tertiary/aromatic N) is 2. The van der Waals surface area contributed by atoms with Crippen LogP contribution in [0.4, 0.5) is 5.82 Å². The van der Waals surface area contributed by atoms with Crippen molar-refractivity contribution in [3.63, 3.8) is 0 Å². The molecule has 7 heteroatoms. The Balaban J connectivity index is 1.35. The van der Waals surface area contributed by atoms with Crippen LogP contribution in [0.15, 0.2) is 47.2 Å². The smallest absolute Gasteiger partial charge is 0.273 e. The number of rotatable bonds is 5. The van der Waals surface area contributed by atoms with Crippen LogP contribution in [0.5, 0.6) is 0 Å². The minimum Gasteiger partial charge on any atom is -0.448 e. The number of pyridine rings is 1. The summed E-state index contributed by atoms with van der Waals surface area (Å²) in [6.45, 7) is 6.02. The van der Waals surface area contributed by atoms with Gasteiger partial charge in [0.15, 0.2) is 11.6 Å². The fourth-order valence-corrected chi connectivity index (χ4v) is 4.52. The molecule has 7 nitrogen and oxygen atoms in total. The lowest BCUT2D eigenvalue weighted by Gasteiger charge is -2.20. The fourth-order valence-electron chi connectivity index (χ4n) is 4.52. The monoisotopic (exact) mass is 472 g/mol. The Labute approximate surface area is 205 Å². The molecule has 0 bridgehead atoms. The number of oxazole rings is 1. The molecule has 0 spiro atoms. The summed E-state index contributed by atoms with van der Waals surface area (Å²) >= 11 is 0. The molecule has 35 heavy (non-hydrogen) atoms. The van der Waals surface area contributed by atoms with Crippen molar-refractivity contribution in [1.82, 2.24) is 15.3 Å². The van der Waals surface area contributed by atoms with Gasteiger partial charge in [0.25, 0.3) is 5.91 Å². The largest absolute Gasteiger partial charge is 0.448 e. The summed E-state index contributed by atoms with van der Waals surface area (Å²) in [6, 6.07) is 10.2.